The molecule has 2 aromatic rings. The van der Waals surface area contributed by atoms with Gasteiger partial charge in [-0.15, -0.1) is 0 Å². The highest BCUT2D eigenvalue weighted by atomic mass is 79.9. The highest BCUT2D eigenvalue weighted by molar-refractivity contribution is 9.10. The maximum absolute atomic E-state index is 13.5. The first kappa shape index (κ1) is 15.6. The minimum atomic E-state index is -0.767. The molecule has 2 aromatic carbocycles. The molecule has 0 unspecified atom stereocenters. The Labute approximate surface area is 129 Å². The molecule has 0 aliphatic carbocycles. The van der Waals surface area contributed by atoms with E-state index in [0.29, 0.717) is 18.4 Å². The Balaban J connectivity index is 1.84. The summed E-state index contributed by atoms with van der Waals surface area (Å²) in [5.41, 5.74) is 0.645. The van der Waals surface area contributed by atoms with Crippen LogP contribution in [0, 0.1) is 11.6 Å². The van der Waals surface area contributed by atoms with Gasteiger partial charge in [0.25, 0.3) is 0 Å². The van der Waals surface area contributed by atoms with Gasteiger partial charge in [0, 0.05) is 18.1 Å². The van der Waals surface area contributed by atoms with Crippen molar-refractivity contribution in [2.24, 2.45) is 0 Å². The summed E-state index contributed by atoms with van der Waals surface area (Å²) < 4.78 is 31.9. The van der Waals surface area contributed by atoms with Crippen molar-refractivity contribution >= 4 is 21.7 Å². The smallest absolute Gasteiger partial charge is 0.169 e. The summed E-state index contributed by atoms with van der Waals surface area (Å²) in [6.45, 7) is 0.180. The third-order valence-corrected chi connectivity index (χ3v) is 3.44. The lowest BCUT2D eigenvalue weighted by Gasteiger charge is -2.09. The molecular weight excluding hydrogens is 342 g/mol. The minimum absolute atomic E-state index is 0.0119. The second-order valence-corrected chi connectivity index (χ2v) is 5.29. The van der Waals surface area contributed by atoms with Gasteiger partial charge < -0.3 is 4.74 Å². The Morgan fingerprint density at radius 1 is 1.14 bits per heavy atom. The van der Waals surface area contributed by atoms with Gasteiger partial charge in [0.15, 0.2) is 17.3 Å². The Morgan fingerprint density at radius 3 is 2.52 bits per heavy atom. The van der Waals surface area contributed by atoms with Gasteiger partial charge in [-0.2, -0.15) is 0 Å². The summed E-state index contributed by atoms with van der Waals surface area (Å²) >= 11 is 3.04. The monoisotopic (exact) mass is 354 g/mol. The van der Waals surface area contributed by atoms with Crippen LogP contribution < -0.4 is 4.74 Å². The second-order valence-electron chi connectivity index (χ2n) is 4.44. The molecule has 21 heavy (non-hydrogen) atoms. The third kappa shape index (κ3) is 4.36. The van der Waals surface area contributed by atoms with E-state index in [0.717, 1.165) is 12.1 Å². The van der Waals surface area contributed by atoms with Gasteiger partial charge in [-0.3, -0.25) is 4.79 Å². The lowest BCUT2D eigenvalue weighted by molar-refractivity contribution is 0.0973. The lowest BCUT2D eigenvalue weighted by Crippen LogP contribution is -2.05. The topological polar surface area (TPSA) is 26.3 Å². The molecule has 2 nitrogen and oxygen atoms in total. The predicted molar refractivity (Wildman–Crippen MR) is 79.6 cm³/mol. The first-order chi connectivity index (χ1) is 10.1. The molecule has 0 N–H and O–H groups in total. The molecule has 5 heteroatoms. The number of carbonyl (C=O) groups excluding carboxylic acids is 1. The average Bonchev–Trinajstić information content (AvgIpc) is 2.46. The minimum Gasteiger partial charge on any atom is -0.489 e. The van der Waals surface area contributed by atoms with E-state index in [2.05, 4.69) is 15.9 Å². The van der Waals surface area contributed by atoms with Gasteiger partial charge in [0.05, 0.1) is 11.1 Å². The highest BCUT2D eigenvalue weighted by Crippen LogP contribution is 2.29. The average molecular weight is 355 g/mol. The number of benzene rings is 2. The number of hydrogen-bond donors (Lipinski definition) is 0. The number of hydrogen-bond acceptors (Lipinski definition) is 2. The predicted octanol–water partition coefficient (Wildman–Crippen LogP) is 4.77. The maximum Gasteiger partial charge on any atom is 0.169 e. The Morgan fingerprint density at radius 2 is 1.86 bits per heavy atom. The van der Waals surface area contributed by atoms with Crippen molar-refractivity contribution in [1.29, 1.82) is 0 Å². The van der Waals surface area contributed by atoms with Crippen LogP contribution in [0.25, 0.3) is 0 Å². The van der Waals surface area contributed by atoms with E-state index >= 15 is 0 Å². The van der Waals surface area contributed by atoms with Crippen LogP contribution in [0.3, 0.4) is 0 Å². The van der Waals surface area contributed by atoms with Gasteiger partial charge in [-0.1, -0.05) is 30.3 Å². The van der Waals surface area contributed by atoms with E-state index < -0.39 is 11.6 Å². The molecule has 0 bridgehead atoms. The number of carbonyl (C=O) groups is 1. The van der Waals surface area contributed by atoms with E-state index in [4.69, 9.17) is 4.74 Å². The fraction of sp³-hybridized carbons (Fsp3) is 0.188. The van der Waals surface area contributed by atoms with Crippen molar-refractivity contribution in [3.8, 4) is 5.75 Å². The second kappa shape index (κ2) is 7.31. The highest BCUT2D eigenvalue weighted by Gasteiger charge is 2.11. The maximum atomic E-state index is 13.5. The van der Waals surface area contributed by atoms with Gasteiger partial charge >= 0.3 is 0 Å². The fourth-order valence-electron chi connectivity index (χ4n) is 1.84. The number of ketones is 1. The quantitative estimate of drug-likeness (QED) is 0.551. The Kier molecular flexibility index (Phi) is 5.44. The van der Waals surface area contributed by atoms with Crippen LogP contribution >= 0.6 is 15.9 Å². The molecule has 2 rings (SSSR count). The van der Waals surface area contributed by atoms with Crippen molar-refractivity contribution < 1.29 is 18.3 Å². The SMILES string of the molecule is O=C(CCCOc1c(F)cc(F)cc1Br)c1ccccc1. The zero-order chi connectivity index (χ0) is 15.2. The summed E-state index contributed by atoms with van der Waals surface area (Å²) in [5, 5.41) is 0. The molecule has 0 aromatic heterocycles. The van der Waals surface area contributed by atoms with Crippen LogP contribution in [0.1, 0.15) is 23.2 Å². The molecule has 0 saturated carbocycles. The van der Waals surface area contributed by atoms with Crippen LogP contribution in [0.2, 0.25) is 0 Å². The third-order valence-electron chi connectivity index (χ3n) is 2.85. The zero-order valence-electron chi connectivity index (χ0n) is 11.1. The molecule has 110 valence electrons. The van der Waals surface area contributed by atoms with Gasteiger partial charge in [-0.25, -0.2) is 8.78 Å². The first-order valence-corrected chi connectivity index (χ1v) is 7.23. The normalized spacial score (nSPS) is 10.4. The van der Waals surface area contributed by atoms with Crippen molar-refractivity contribution in [3.63, 3.8) is 0 Å². The summed E-state index contributed by atoms with van der Waals surface area (Å²) in [5.74, 6) is -1.47. The molecule has 0 atom stereocenters. The molecule has 0 aliphatic rings. The largest absolute Gasteiger partial charge is 0.489 e. The van der Waals surface area contributed by atoms with Crippen LogP contribution in [0.4, 0.5) is 8.78 Å². The number of ether oxygens (including phenoxy) is 1. The molecule has 0 aliphatic heterocycles. The molecule has 0 radical (unpaired) electrons. The Hall–Kier alpha value is -1.75. The fourth-order valence-corrected chi connectivity index (χ4v) is 2.36. The summed E-state index contributed by atoms with van der Waals surface area (Å²) in [4.78, 5) is 11.8. The van der Waals surface area contributed by atoms with Gasteiger partial charge in [0.1, 0.15) is 5.82 Å². The van der Waals surface area contributed by atoms with Gasteiger partial charge in [-0.05, 0) is 28.4 Å². The van der Waals surface area contributed by atoms with Crippen molar-refractivity contribution in [2.75, 3.05) is 6.61 Å². The van der Waals surface area contributed by atoms with Crippen LogP contribution in [0.15, 0.2) is 46.9 Å². The number of Topliss-reactive ketones (excluding diaryl/α,β-unsaturated/α-hetero) is 1. The molecule has 0 saturated heterocycles. The van der Waals surface area contributed by atoms with E-state index in [1.807, 2.05) is 6.07 Å². The number of rotatable bonds is 6. The summed E-state index contributed by atoms with van der Waals surface area (Å²) in [6.07, 6.45) is 0.765. The van der Waals surface area contributed by atoms with Crippen LogP contribution in [-0.2, 0) is 0 Å². The molecular formula is C16H13BrF2O2. The standard InChI is InChI=1S/C16H13BrF2O2/c17-13-9-12(18)10-14(19)16(13)21-8-4-7-15(20)11-5-2-1-3-6-11/h1-3,5-6,9-10H,4,7-8H2. The van der Waals surface area contributed by atoms with E-state index in [-0.39, 0.29) is 22.6 Å². The Bertz CT molecular complexity index is 606. The lowest BCUT2D eigenvalue weighted by atomic mass is 10.1. The van der Waals surface area contributed by atoms with Crippen LogP contribution in [0.5, 0.6) is 5.75 Å². The molecule has 0 heterocycles. The van der Waals surface area contributed by atoms with Gasteiger partial charge in [0.2, 0.25) is 0 Å². The molecule has 0 fully saturated rings. The van der Waals surface area contributed by atoms with Crippen molar-refractivity contribution in [3.05, 3.63) is 64.1 Å². The zero-order valence-corrected chi connectivity index (χ0v) is 12.7. The van der Waals surface area contributed by atoms with Crippen LogP contribution in [-0.4, -0.2) is 12.4 Å². The first-order valence-electron chi connectivity index (χ1n) is 6.43. The van der Waals surface area contributed by atoms with Crippen molar-refractivity contribution in [2.45, 2.75) is 12.8 Å². The van der Waals surface area contributed by atoms with Crippen molar-refractivity contribution in [1.82, 2.24) is 0 Å². The van der Waals surface area contributed by atoms with E-state index in [9.17, 15) is 13.6 Å². The van der Waals surface area contributed by atoms with E-state index in [1.54, 1.807) is 24.3 Å². The molecule has 0 spiro atoms. The summed E-state index contributed by atoms with van der Waals surface area (Å²) in [6, 6.07) is 10.8. The number of halogens is 3. The summed E-state index contributed by atoms with van der Waals surface area (Å²) in [7, 11) is 0. The van der Waals surface area contributed by atoms with E-state index in [1.165, 1.54) is 0 Å². The molecule has 0 amide bonds.